The zero-order valence-corrected chi connectivity index (χ0v) is 19.8. The molecule has 2 aliphatic heterocycles. The van der Waals surface area contributed by atoms with Gasteiger partial charge in [0.1, 0.15) is 0 Å². The first-order valence-electron chi connectivity index (χ1n) is 12.6. The summed E-state index contributed by atoms with van der Waals surface area (Å²) in [5, 5.41) is 0. The van der Waals surface area contributed by atoms with Crippen molar-refractivity contribution in [1.29, 1.82) is 0 Å². The molecule has 0 spiro atoms. The fraction of sp³-hybridized carbons (Fsp3) is 0.840. The van der Waals surface area contributed by atoms with Crippen molar-refractivity contribution in [3.63, 3.8) is 0 Å². The maximum atomic E-state index is 4.90. The average molecular weight is 414 g/mol. The normalized spacial score (nSPS) is 32.5. The molecule has 0 aromatic carbocycles. The van der Waals surface area contributed by atoms with Gasteiger partial charge in [0.25, 0.3) is 0 Å². The molecule has 3 fully saturated rings. The van der Waals surface area contributed by atoms with Crippen molar-refractivity contribution >= 4 is 5.95 Å². The molecule has 1 saturated carbocycles. The van der Waals surface area contributed by atoms with Crippen molar-refractivity contribution in [3.05, 3.63) is 18.0 Å². The van der Waals surface area contributed by atoms with Crippen molar-refractivity contribution in [2.24, 2.45) is 5.92 Å². The van der Waals surface area contributed by atoms with E-state index in [1.54, 1.807) is 0 Å². The second kappa shape index (κ2) is 9.95. The van der Waals surface area contributed by atoms with Crippen LogP contribution in [0, 0.1) is 5.92 Å². The second-order valence-corrected chi connectivity index (χ2v) is 10.3. The van der Waals surface area contributed by atoms with Gasteiger partial charge in [-0.25, -0.2) is 9.97 Å². The van der Waals surface area contributed by atoms with Crippen molar-refractivity contribution in [2.75, 3.05) is 38.1 Å². The van der Waals surface area contributed by atoms with Gasteiger partial charge in [-0.3, -0.25) is 0 Å². The summed E-state index contributed by atoms with van der Waals surface area (Å²) in [6, 6.07) is 1.87. The van der Waals surface area contributed by atoms with Crippen LogP contribution in [-0.2, 0) is 0 Å². The van der Waals surface area contributed by atoms with E-state index in [-0.39, 0.29) is 0 Å². The summed E-state index contributed by atoms with van der Waals surface area (Å²) in [5.41, 5.74) is 1.35. The highest BCUT2D eigenvalue weighted by molar-refractivity contribution is 5.36. The van der Waals surface area contributed by atoms with Gasteiger partial charge in [-0.1, -0.05) is 20.8 Å². The Labute approximate surface area is 184 Å². The van der Waals surface area contributed by atoms with Gasteiger partial charge in [0.05, 0.1) is 0 Å². The van der Waals surface area contributed by atoms with E-state index in [0.717, 1.165) is 43.8 Å². The van der Waals surface area contributed by atoms with E-state index in [0.29, 0.717) is 18.0 Å². The van der Waals surface area contributed by atoms with Crippen molar-refractivity contribution in [3.8, 4) is 0 Å². The lowest BCUT2D eigenvalue weighted by molar-refractivity contribution is 0.110. The van der Waals surface area contributed by atoms with Crippen LogP contribution < -0.4 is 4.90 Å². The highest BCUT2D eigenvalue weighted by Gasteiger charge is 2.33. The van der Waals surface area contributed by atoms with E-state index in [1.807, 2.05) is 0 Å². The molecule has 168 valence electrons. The lowest BCUT2D eigenvalue weighted by Gasteiger charge is -2.45. The second-order valence-electron chi connectivity index (χ2n) is 10.3. The zero-order chi connectivity index (χ0) is 21.1. The molecule has 0 bridgehead atoms. The Bertz CT molecular complexity index is 632. The minimum atomic E-state index is 0.515. The number of nitrogens with zero attached hydrogens (tertiary/aromatic N) is 5. The van der Waals surface area contributed by atoms with Crippen molar-refractivity contribution in [1.82, 2.24) is 19.8 Å². The molecule has 2 unspecified atom stereocenters. The molecular formula is C25H43N5. The highest BCUT2D eigenvalue weighted by atomic mass is 15.4. The SMILES string of the molecule is CCC1CN(C)CC(CC)N1c1ncc(C2CCN(C3CCC(C)CC3)CC2)cn1. The van der Waals surface area contributed by atoms with Crippen molar-refractivity contribution < 1.29 is 0 Å². The summed E-state index contributed by atoms with van der Waals surface area (Å²) >= 11 is 0. The molecule has 3 aliphatic rings. The fourth-order valence-corrected chi connectivity index (χ4v) is 6.13. The van der Waals surface area contributed by atoms with E-state index in [1.165, 1.54) is 57.2 Å². The van der Waals surface area contributed by atoms with E-state index in [4.69, 9.17) is 9.97 Å². The maximum Gasteiger partial charge on any atom is 0.225 e. The van der Waals surface area contributed by atoms with Crippen LogP contribution in [0.5, 0.6) is 0 Å². The maximum absolute atomic E-state index is 4.90. The summed E-state index contributed by atoms with van der Waals surface area (Å²) in [4.78, 5) is 17.6. The van der Waals surface area contributed by atoms with Crippen LogP contribution in [0.3, 0.4) is 0 Å². The third-order valence-corrected chi connectivity index (χ3v) is 8.17. The number of hydrogen-bond donors (Lipinski definition) is 0. The van der Waals surface area contributed by atoms with Crippen LogP contribution in [0.4, 0.5) is 5.95 Å². The van der Waals surface area contributed by atoms with Gasteiger partial charge in [0, 0.05) is 43.6 Å². The molecule has 3 heterocycles. The van der Waals surface area contributed by atoms with E-state index in [2.05, 4.69) is 54.9 Å². The largest absolute Gasteiger partial charge is 0.332 e. The standard InChI is InChI=1S/C25H43N5/c1-5-22-17-28(4)18-23(6-2)30(22)25-26-15-21(16-27-25)20-11-13-29(14-12-20)24-9-7-19(3)8-10-24/h15-16,19-20,22-24H,5-14,17-18H2,1-4H3. The zero-order valence-electron chi connectivity index (χ0n) is 19.8. The molecule has 1 aromatic rings. The Morgan fingerprint density at radius 2 is 1.43 bits per heavy atom. The summed E-state index contributed by atoms with van der Waals surface area (Å²) in [6.07, 6.45) is 14.8. The number of aromatic nitrogens is 2. The first kappa shape index (κ1) is 22.0. The molecular weight excluding hydrogens is 370 g/mol. The molecule has 5 nitrogen and oxygen atoms in total. The van der Waals surface area contributed by atoms with Gasteiger partial charge in [-0.05, 0) is 88.9 Å². The molecule has 1 aliphatic carbocycles. The molecule has 5 heteroatoms. The molecule has 0 amide bonds. The van der Waals surface area contributed by atoms with Crippen molar-refractivity contribution in [2.45, 2.75) is 96.2 Å². The van der Waals surface area contributed by atoms with E-state index < -0.39 is 0 Å². The summed E-state index contributed by atoms with van der Waals surface area (Å²) in [7, 11) is 2.24. The topological polar surface area (TPSA) is 35.5 Å². The Kier molecular flexibility index (Phi) is 7.30. The predicted octanol–water partition coefficient (Wildman–Crippen LogP) is 4.54. The van der Waals surface area contributed by atoms with Gasteiger partial charge >= 0.3 is 0 Å². The van der Waals surface area contributed by atoms with Crippen LogP contribution in [0.2, 0.25) is 0 Å². The number of piperidine rings is 1. The first-order valence-corrected chi connectivity index (χ1v) is 12.6. The van der Waals surface area contributed by atoms with Gasteiger partial charge in [-0.2, -0.15) is 0 Å². The minimum Gasteiger partial charge on any atom is -0.332 e. The average Bonchev–Trinajstić information content (AvgIpc) is 2.79. The third kappa shape index (κ3) is 4.83. The van der Waals surface area contributed by atoms with Gasteiger partial charge < -0.3 is 14.7 Å². The number of rotatable bonds is 5. The van der Waals surface area contributed by atoms with Crippen LogP contribution in [0.1, 0.15) is 83.6 Å². The number of piperazine rings is 1. The lowest BCUT2D eigenvalue weighted by Crippen LogP contribution is -2.58. The molecule has 0 radical (unpaired) electrons. The summed E-state index contributed by atoms with van der Waals surface area (Å²) < 4.78 is 0. The molecule has 4 rings (SSSR count). The molecule has 0 N–H and O–H groups in total. The van der Waals surface area contributed by atoms with Gasteiger partial charge in [0.15, 0.2) is 0 Å². The van der Waals surface area contributed by atoms with Crippen LogP contribution in [0.25, 0.3) is 0 Å². The smallest absolute Gasteiger partial charge is 0.225 e. The highest BCUT2D eigenvalue weighted by Crippen LogP contribution is 2.33. The summed E-state index contributed by atoms with van der Waals surface area (Å²) in [5.74, 6) is 2.52. The molecule has 2 saturated heterocycles. The van der Waals surface area contributed by atoms with Gasteiger partial charge in [-0.15, -0.1) is 0 Å². The predicted molar refractivity (Wildman–Crippen MR) is 125 cm³/mol. The lowest BCUT2D eigenvalue weighted by atomic mass is 9.84. The number of likely N-dealkylation sites (tertiary alicyclic amines) is 1. The monoisotopic (exact) mass is 413 g/mol. The van der Waals surface area contributed by atoms with E-state index in [9.17, 15) is 0 Å². The number of anilines is 1. The van der Waals surface area contributed by atoms with Crippen LogP contribution >= 0.6 is 0 Å². The Balaban J connectivity index is 1.37. The third-order valence-electron chi connectivity index (χ3n) is 8.17. The van der Waals surface area contributed by atoms with Crippen LogP contribution in [0.15, 0.2) is 12.4 Å². The fourth-order valence-electron chi connectivity index (χ4n) is 6.13. The van der Waals surface area contributed by atoms with Gasteiger partial charge in [0.2, 0.25) is 5.95 Å². The molecule has 1 aromatic heterocycles. The number of hydrogen-bond acceptors (Lipinski definition) is 5. The quantitative estimate of drug-likeness (QED) is 0.708. The van der Waals surface area contributed by atoms with Crippen LogP contribution in [-0.4, -0.2) is 71.1 Å². The molecule has 2 atom stereocenters. The number of likely N-dealkylation sites (N-methyl/N-ethyl adjacent to an activating group) is 1. The Hall–Kier alpha value is -1.20. The Morgan fingerprint density at radius 3 is 1.97 bits per heavy atom. The first-order chi connectivity index (χ1) is 14.6. The van der Waals surface area contributed by atoms with E-state index >= 15 is 0 Å². The Morgan fingerprint density at radius 1 is 0.867 bits per heavy atom. The minimum absolute atomic E-state index is 0.515. The summed E-state index contributed by atoms with van der Waals surface area (Å²) in [6.45, 7) is 11.7. The molecule has 30 heavy (non-hydrogen) atoms.